The number of anilines is 1. The second-order valence-corrected chi connectivity index (χ2v) is 8.50. The monoisotopic (exact) mass is 492 g/mol. The van der Waals surface area contributed by atoms with E-state index in [1.807, 2.05) is 11.0 Å². The van der Waals surface area contributed by atoms with Gasteiger partial charge in [0.2, 0.25) is 5.95 Å². The lowest BCUT2D eigenvalue weighted by Crippen LogP contribution is -2.52. The van der Waals surface area contributed by atoms with E-state index in [4.69, 9.17) is 5.26 Å². The second-order valence-electron chi connectivity index (χ2n) is 8.50. The highest BCUT2D eigenvalue weighted by Gasteiger charge is 2.34. The van der Waals surface area contributed by atoms with Crippen LogP contribution in [0.15, 0.2) is 29.5 Å². The fraction of sp³-hybridized carbons (Fsp3) is 0.348. The number of amides is 2. The lowest BCUT2D eigenvalue weighted by atomic mass is 10.0. The third-order valence-electron chi connectivity index (χ3n) is 6.08. The molecule has 4 heterocycles. The van der Waals surface area contributed by atoms with E-state index in [1.165, 1.54) is 15.8 Å². The molecule has 0 aliphatic carbocycles. The number of aromatic nitrogens is 5. The Morgan fingerprint density at radius 1 is 1.11 bits per heavy atom. The van der Waals surface area contributed by atoms with Gasteiger partial charge in [-0.15, -0.1) is 5.10 Å². The number of rotatable bonds is 3. The average molecular weight is 492 g/mol. The molecule has 2 aliphatic heterocycles. The summed E-state index contributed by atoms with van der Waals surface area (Å²) in [6.07, 6.45) is 3.13. The van der Waals surface area contributed by atoms with Gasteiger partial charge in [-0.25, -0.2) is 28.6 Å². The van der Waals surface area contributed by atoms with Crippen LogP contribution in [0, 0.1) is 36.8 Å². The zero-order valence-electron chi connectivity index (χ0n) is 19.6. The Kier molecular flexibility index (Phi) is 6.01. The van der Waals surface area contributed by atoms with Crippen molar-refractivity contribution in [2.24, 2.45) is 5.10 Å². The first kappa shape index (κ1) is 23.3. The van der Waals surface area contributed by atoms with Crippen LogP contribution >= 0.6 is 0 Å². The number of hydrazone groups is 1. The van der Waals surface area contributed by atoms with Gasteiger partial charge in [-0.2, -0.15) is 20.0 Å². The highest BCUT2D eigenvalue weighted by molar-refractivity contribution is 5.78. The van der Waals surface area contributed by atoms with Crippen LogP contribution in [-0.4, -0.2) is 73.1 Å². The van der Waals surface area contributed by atoms with Crippen LogP contribution in [0.1, 0.15) is 35.2 Å². The molecule has 0 radical (unpaired) electrons. The minimum Gasteiger partial charge on any atom is -0.337 e. The van der Waals surface area contributed by atoms with Gasteiger partial charge in [-0.3, -0.25) is 0 Å². The molecular weight excluding hydrogens is 470 g/mol. The molecule has 0 N–H and O–H groups in total. The van der Waals surface area contributed by atoms with Gasteiger partial charge in [0.25, 0.3) is 0 Å². The number of hydrogen-bond acceptors (Lipinski definition) is 8. The maximum absolute atomic E-state index is 14.5. The first-order valence-electron chi connectivity index (χ1n) is 11.3. The second kappa shape index (κ2) is 9.29. The van der Waals surface area contributed by atoms with Gasteiger partial charge in [0.15, 0.2) is 11.6 Å². The van der Waals surface area contributed by atoms with Crippen LogP contribution in [0.25, 0.3) is 5.82 Å². The molecule has 2 aliphatic rings. The predicted octanol–water partition coefficient (Wildman–Crippen LogP) is 2.50. The summed E-state index contributed by atoms with van der Waals surface area (Å²) >= 11 is 0. The fourth-order valence-corrected chi connectivity index (χ4v) is 4.36. The Morgan fingerprint density at radius 2 is 1.89 bits per heavy atom. The predicted molar refractivity (Wildman–Crippen MR) is 124 cm³/mol. The summed E-state index contributed by atoms with van der Waals surface area (Å²) in [6.45, 7) is 5.00. The molecule has 1 fully saturated rings. The molecule has 13 heteroatoms. The van der Waals surface area contributed by atoms with E-state index in [0.717, 1.165) is 12.3 Å². The smallest absolute Gasteiger partial charge is 0.337 e. The summed E-state index contributed by atoms with van der Waals surface area (Å²) in [5, 5.41) is 18.9. The number of nitriles is 1. The molecule has 184 valence electrons. The van der Waals surface area contributed by atoms with Crippen molar-refractivity contribution in [2.45, 2.75) is 26.3 Å². The fourth-order valence-electron chi connectivity index (χ4n) is 4.36. The highest BCUT2D eigenvalue weighted by atomic mass is 19.1. The van der Waals surface area contributed by atoms with Crippen molar-refractivity contribution >= 4 is 18.2 Å². The molecule has 2 amide bonds. The maximum atomic E-state index is 14.5. The van der Waals surface area contributed by atoms with Gasteiger partial charge in [-0.05, 0) is 37.6 Å². The summed E-state index contributed by atoms with van der Waals surface area (Å²) in [5.41, 5.74) is 0.703. The van der Waals surface area contributed by atoms with Crippen molar-refractivity contribution in [1.29, 1.82) is 5.26 Å². The molecule has 0 unspecified atom stereocenters. The van der Waals surface area contributed by atoms with Crippen molar-refractivity contribution in [3.63, 3.8) is 0 Å². The van der Waals surface area contributed by atoms with Gasteiger partial charge in [0, 0.05) is 38.8 Å². The van der Waals surface area contributed by atoms with E-state index < -0.39 is 17.7 Å². The highest BCUT2D eigenvalue weighted by Crippen LogP contribution is 2.30. The molecule has 1 saturated heterocycles. The van der Waals surface area contributed by atoms with Crippen LogP contribution in [0.3, 0.4) is 0 Å². The molecule has 11 nitrogen and oxygen atoms in total. The molecular formula is C23H22F2N10O. The molecule has 0 saturated carbocycles. The van der Waals surface area contributed by atoms with Crippen LogP contribution in [0.5, 0.6) is 0 Å². The minimum absolute atomic E-state index is 0.0117. The molecule has 0 bridgehead atoms. The van der Waals surface area contributed by atoms with Crippen LogP contribution in [-0.2, 0) is 0 Å². The van der Waals surface area contributed by atoms with Crippen LogP contribution in [0.2, 0.25) is 0 Å². The van der Waals surface area contributed by atoms with Gasteiger partial charge in [0.1, 0.15) is 17.5 Å². The number of carbonyl (C=O) groups excluding carboxylic acids is 1. The normalized spacial score (nSPS) is 17.5. The lowest BCUT2D eigenvalue weighted by Gasteiger charge is -2.37. The van der Waals surface area contributed by atoms with Crippen molar-refractivity contribution in [3.8, 4) is 11.9 Å². The topological polar surface area (TPSA) is 119 Å². The summed E-state index contributed by atoms with van der Waals surface area (Å²) in [4.78, 5) is 29.4. The number of nitrogens with zero attached hydrogens (tertiary/aromatic N) is 10. The van der Waals surface area contributed by atoms with Crippen molar-refractivity contribution in [3.05, 3.63) is 58.8 Å². The number of aryl methyl sites for hydroxylation is 2. The average Bonchev–Trinajstić information content (AvgIpc) is 3.49. The SMILES string of the molecule is Cc1nc(C)n(-c2nc(N3CCN(C(=O)N4N=CC[C@H]4c4cc(F)cc(C#N)c4)CC3)ncc2F)n1. The summed E-state index contributed by atoms with van der Waals surface area (Å²) in [7, 11) is 0. The third-order valence-corrected chi connectivity index (χ3v) is 6.08. The number of piperazine rings is 1. The van der Waals surface area contributed by atoms with E-state index in [0.29, 0.717) is 55.8 Å². The Hall–Kier alpha value is -4.47. The molecule has 2 aromatic heterocycles. The van der Waals surface area contributed by atoms with Crippen LogP contribution < -0.4 is 4.90 Å². The molecule has 1 atom stereocenters. The maximum Gasteiger partial charge on any atom is 0.341 e. The number of benzene rings is 1. The molecule has 5 rings (SSSR count). The lowest BCUT2D eigenvalue weighted by molar-refractivity contribution is 0.139. The zero-order chi connectivity index (χ0) is 25.4. The number of carbonyl (C=O) groups is 1. The first-order valence-corrected chi connectivity index (χ1v) is 11.3. The van der Waals surface area contributed by atoms with E-state index >= 15 is 0 Å². The number of urea groups is 1. The van der Waals surface area contributed by atoms with Gasteiger partial charge >= 0.3 is 6.03 Å². The Bertz CT molecular complexity index is 1390. The standard InChI is InChI=1S/C23H22F2N10O/c1-14-29-15(2)34(31-14)21-19(25)13-27-22(30-21)32-5-7-33(8-6-32)23(36)35-20(3-4-28-35)17-9-16(12-26)10-18(24)11-17/h4,9-11,13,20H,3,5-8H2,1-2H3/t20-/m0/s1. The summed E-state index contributed by atoms with van der Waals surface area (Å²) in [5.74, 6) is 0.198. The quantitative estimate of drug-likeness (QED) is 0.551. The summed E-state index contributed by atoms with van der Waals surface area (Å²) in [6, 6.07) is 5.18. The third kappa shape index (κ3) is 4.33. The van der Waals surface area contributed by atoms with E-state index in [9.17, 15) is 13.6 Å². The molecule has 0 spiro atoms. The van der Waals surface area contributed by atoms with Gasteiger partial charge < -0.3 is 9.80 Å². The Balaban J connectivity index is 1.29. The van der Waals surface area contributed by atoms with Crippen molar-refractivity contribution in [1.82, 2.24) is 34.6 Å². The number of halogens is 2. The van der Waals surface area contributed by atoms with E-state index in [2.05, 4.69) is 25.2 Å². The van der Waals surface area contributed by atoms with Crippen molar-refractivity contribution < 1.29 is 13.6 Å². The van der Waals surface area contributed by atoms with Crippen LogP contribution in [0.4, 0.5) is 19.5 Å². The van der Waals surface area contributed by atoms with E-state index in [1.54, 1.807) is 31.0 Å². The molecule has 1 aromatic carbocycles. The first-order chi connectivity index (χ1) is 17.3. The largest absolute Gasteiger partial charge is 0.341 e. The molecule has 36 heavy (non-hydrogen) atoms. The van der Waals surface area contributed by atoms with Gasteiger partial charge in [0.05, 0.1) is 23.9 Å². The van der Waals surface area contributed by atoms with Gasteiger partial charge in [-0.1, -0.05) is 0 Å². The minimum atomic E-state index is -0.615. The molecule has 3 aromatic rings. The summed E-state index contributed by atoms with van der Waals surface area (Å²) < 4.78 is 29.8. The Morgan fingerprint density at radius 3 is 2.58 bits per heavy atom. The van der Waals surface area contributed by atoms with E-state index in [-0.39, 0.29) is 17.4 Å². The zero-order valence-corrected chi connectivity index (χ0v) is 19.6. The van der Waals surface area contributed by atoms with Crippen molar-refractivity contribution in [2.75, 3.05) is 31.1 Å². The number of hydrogen-bond donors (Lipinski definition) is 0. The Labute approximate surface area is 205 Å².